The molecule has 4 rings (SSSR count). The molecule has 0 radical (unpaired) electrons. The van der Waals surface area contributed by atoms with Gasteiger partial charge < -0.3 is 26.2 Å². The number of sulfonamides is 1. The van der Waals surface area contributed by atoms with E-state index in [2.05, 4.69) is 10.3 Å². The maximum Gasteiger partial charge on any atom is 0.416 e. The standard InChI is InChI=1S/C25H25F3N4O6S/c26-25(27,28)15-4-3-5-16(11-15)39(37,38)32-19-8-13(10-21(33)22(19)34)24(36)31-20(23(29)35)9-14-12-30-18-7-2-1-6-17(14)18/h1-8,11-12,19-22,30,32-34H,9-10H2,(H2,29,35)(H,31,36)/t19-,20-,21-,22-/m1/s1. The Bertz CT molecular complexity index is 1540. The van der Waals surface area contributed by atoms with Crippen molar-refractivity contribution in [3.05, 3.63) is 77.5 Å². The second kappa shape index (κ2) is 10.8. The molecule has 4 atom stereocenters. The first-order valence-corrected chi connectivity index (χ1v) is 13.2. The quantitative estimate of drug-likeness (QED) is 0.238. The van der Waals surface area contributed by atoms with Crippen molar-refractivity contribution in [1.29, 1.82) is 0 Å². The number of hydrogen-bond donors (Lipinski definition) is 6. The maximum atomic E-state index is 13.0. The number of para-hydroxylation sites is 1. The molecular weight excluding hydrogens is 541 g/mol. The molecule has 39 heavy (non-hydrogen) atoms. The molecule has 0 spiro atoms. The molecule has 1 aliphatic carbocycles. The van der Waals surface area contributed by atoms with Crippen LogP contribution in [0.3, 0.4) is 0 Å². The number of nitrogens with two attached hydrogens (primary N) is 1. The number of hydrogen-bond acceptors (Lipinski definition) is 6. The Morgan fingerprint density at radius 3 is 2.54 bits per heavy atom. The van der Waals surface area contributed by atoms with Crippen LogP contribution in [0.1, 0.15) is 17.5 Å². The lowest BCUT2D eigenvalue weighted by Gasteiger charge is -2.31. The van der Waals surface area contributed by atoms with Crippen LogP contribution in [0.2, 0.25) is 0 Å². The molecule has 2 amide bonds. The predicted octanol–water partition coefficient (Wildman–Crippen LogP) is 1.10. The summed E-state index contributed by atoms with van der Waals surface area (Å²) in [4.78, 5) is 27.4. The van der Waals surface area contributed by atoms with Crippen molar-refractivity contribution < 1.29 is 41.4 Å². The van der Waals surface area contributed by atoms with E-state index in [1.54, 1.807) is 12.3 Å². The number of nitrogens with one attached hydrogen (secondary N) is 3. The van der Waals surface area contributed by atoms with Gasteiger partial charge >= 0.3 is 6.18 Å². The van der Waals surface area contributed by atoms with E-state index < -0.39 is 62.8 Å². The molecule has 10 nitrogen and oxygen atoms in total. The highest BCUT2D eigenvalue weighted by atomic mass is 32.2. The topological polar surface area (TPSA) is 175 Å². The third-order valence-corrected chi connectivity index (χ3v) is 7.83. The first-order chi connectivity index (χ1) is 18.3. The van der Waals surface area contributed by atoms with Gasteiger partial charge in [0.15, 0.2) is 0 Å². The van der Waals surface area contributed by atoms with Crippen LogP contribution in [0.25, 0.3) is 10.9 Å². The van der Waals surface area contributed by atoms with Crippen LogP contribution in [0.15, 0.2) is 71.3 Å². The van der Waals surface area contributed by atoms with Crippen molar-refractivity contribution in [2.75, 3.05) is 0 Å². The Hall–Kier alpha value is -3.72. The van der Waals surface area contributed by atoms with Crippen LogP contribution < -0.4 is 15.8 Å². The van der Waals surface area contributed by atoms with Gasteiger partial charge in [0.1, 0.15) is 12.1 Å². The normalized spacial score (nSPS) is 20.8. The Morgan fingerprint density at radius 2 is 1.85 bits per heavy atom. The average Bonchev–Trinajstić information content (AvgIpc) is 3.28. The number of carbonyl (C=O) groups excluding carboxylic acids is 2. The fraction of sp³-hybridized carbons (Fsp3) is 0.280. The number of H-pyrrole nitrogens is 1. The summed E-state index contributed by atoms with van der Waals surface area (Å²) in [6, 6.07) is 7.52. The number of amides is 2. The fourth-order valence-electron chi connectivity index (χ4n) is 4.32. The number of rotatable bonds is 8. The number of fused-ring (bicyclic) bond motifs is 1. The van der Waals surface area contributed by atoms with E-state index in [4.69, 9.17) is 5.73 Å². The molecule has 0 unspecified atom stereocenters. The minimum atomic E-state index is -4.79. The van der Waals surface area contributed by atoms with Crippen LogP contribution in [0.4, 0.5) is 13.2 Å². The van der Waals surface area contributed by atoms with Crippen molar-refractivity contribution in [3.63, 3.8) is 0 Å². The SMILES string of the molecule is NC(=O)[C@@H](Cc1c[nH]c2ccccc12)NC(=O)C1=C[C@@H](NS(=O)(=O)c2cccc(C(F)(F)F)c2)[C@@H](O)[C@H](O)C1. The van der Waals surface area contributed by atoms with Crippen molar-refractivity contribution in [3.8, 4) is 0 Å². The third-order valence-electron chi connectivity index (χ3n) is 6.37. The number of aromatic nitrogens is 1. The molecule has 7 N–H and O–H groups in total. The highest BCUT2D eigenvalue weighted by Crippen LogP contribution is 2.31. The molecule has 2 aromatic carbocycles. The molecule has 3 aromatic rings. The number of aromatic amines is 1. The Kier molecular flexibility index (Phi) is 7.84. The van der Waals surface area contributed by atoms with Crippen molar-refractivity contribution in [2.24, 2.45) is 5.73 Å². The largest absolute Gasteiger partial charge is 0.416 e. The Balaban J connectivity index is 1.54. The first kappa shape index (κ1) is 28.3. The number of carbonyl (C=O) groups is 2. The third kappa shape index (κ3) is 6.30. The maximum absolute atomic E-state index is 13.0. The summed E-state index contributed by atoms with van der Waals surface area (Å²) in [5.74, 6) is -1.68. The van der Waals surface area contributed by atoms with Gasteiger partial charge in [-0.2, -0.15) is 13.2 Å². The summed E-state index contributed by atoms with van der Waals surface area (Å²) >= 11 is 0. The highest BCUT2D eigenvalue weighted by Gasteiger charge is 2.37. The van der Waals surface area contributed by atoms with Gasteiger partial charge in [-0.1, -0.05) is 30.3 Å². The molecule has 0 fully saturated rings. The molecule has 208 valence electrons. The lowest BCUT2D eigenvalue weighted by molar-refractivity contribution is -0.137. The summed E-state index contributed by atoms with van der Waals surface area (Å²) in [5.41, 5.74) is 5.66. The summed E-state index contributed by atoms with van der Waals surface area (Å²) in [7, 11) is -4.61. The van der Waals surface area contributed by atoms with Crippen molar-refractivity contribution in [1.82, 2.24) is 15.0 Å². The van der Waals surface area contributed by atoms with Crippen molar-refractivity contribution in [2.45, 2.75) is 48.2 Å². The molecule has 0 saturated heterocycles. The zero-order valence-corrected chi connectivity index (χ0v) is 21.0. The molecule has 1 aliphatic rings. The zero-order chi connectivity index (χ0) is 28.5. The zero-order valence-electron chi connectivity index (χ0n) is 20.1. The lowest BCUT2D eigenvalue weighted by Crippen LogP contribution is -2.52. The number of halogens is 3. The van der Waals surface area contributed by atoms with E-state index >= 15 is 0 Å². The summed E-state index contributed by atoms with van der Waals surface area (Å²) in [6.07, 6.45) is -5.72. The second-order valence-corrected chi connectivity index (χ2v) is 10.8. The molecule has 1 heterocycles. The van der Waals surface area contributed by atoms with E-state index in [-0.39, 0.29) is 18.4 Å². The highest BCUT2D eigenvalue weighted by molar-refractivity contribution is 7.89. The van der Waals surface area contributed by atoms with E-state index in [1.165, 1.54) is 0 Å². The van der Waals surface area contributed by atoms with E-state index in [0.29, 0.717) is 17.7 Å². The second-order valence-electron chi connectivity index (χ2n) is 9.12. The lowest BCUT2D eigenvalue weighted by atomic mass is 9.90. The Labute approximate surface area is 220 Å². The summed E-state index contributed by atoms with van der Waals surface area (Å²) in [5, 5.41) is 24.0. The minimum Gasteiger partial charge on any atom is -0.390 e. The Morgan fingerprint density at radius 1 is 1.13 bits per heavy atom. The number of aliphatic hydroxyl groups is 2. The molecule has 1 aromatic heterocycles. The molecule has 0 bridgehead atoms. The smallest absolute Gasteiger partial charge is 0.390 e. The first-order valence-electron chi connectivity index (χ1n) is 11.7. The molecule has 0 aliphatic heterocycles. The number of aliphatic hydroxyl groups excluding tert-OH is 2. The minimum absolute atomic E-state index is 0.0369. The van der Waals surface area contributed by atoms with Gasteiger partial charge in [-0.05, 0) is 29.8 Å². The summed E-state index contributed by atoms with van der Waals surface area (Å²) in [6.45, 7) is 0. The van der Waals surface area contributed by atoms with E-state index in [0.717, 1.165) is 29.1 Å². The van der Waals surface area contributed by atoms with Gasteiger partial charge in [-0.15, -0.1) is 0 Å². The number of benzene rings is 2. The van der Waals surface area contributed by atoms with Gasteiger partial charge in [-0.3, -0.25) is 9.59 Å². The monoisotopic (exact) mass is 566 g/mol. The van der Waals surface area contributed by atoms with Gasteiger partial charge in [0.05, 0.1) is 22.6 Å². The molecule has 0 saturated carbocycles. The van der Waals surface area contributed by atoms with Crippen LogP contribution in [0.5, 0.6) is 0 Å². The van der Waals surface area contributed by atoms with Gasteiger partial charge in [-0.25, -0.2) is 13.1 Å². The van der Waals surface area contributed by atoms with E-state index in [9.17, 15) is 41.4 Å². The molecule has 14 heteroatoms. The summed E-state index contributed by atoms with van der Waals surface area (Å²) < 4.78 is 66.8. The average molecular weight is 567 g/mol. The number of primary amides is 1. The van der Waals surface area contributed by atoms with Crippen LogP contribution >= 0.6 is 0 Å². The van der Waals surface area contributed by atoms with Crippen molar-refractivity contribution >= 4 is 32.7 Å². The van der Waals surface area contributed by atoms with Crippen LogP contribution in [0, 0.1) is 0 Å². The van der Waals surface area contributed by atoms with Crippen LogP contribution in [-0.2, 0) is 32.2 Å². The van der Waals surface area contributed by atoms with Gasteiger partial charge in [0.25, 0.3) is 0 Å². The van der Waals surface area contributed by atoms with E-state index in [1.807, 2.05) is 22.9 Å². The van der Waals surface area contributed by atoms with Gasteiger partial charge in [0, 0.05) is 35.5 Å². The van der Waals surface area contributed by atoms with Gasteiger partial charge in [0.2, 0.25) is 21.8 Å². The predicted molar refractivity (Wildman–Crippen MR) is 133 cm³/mol. The number of alkyl halides is 3. The molecular formula is C25H25F3N4O6S. The fourth-order valence-corrected chi connectivity index (χ4v) is 5.56. The van der Waals surface area contributed by atoms with Crippen LogP contribution in [-0.4, -0.2) is 59.7 Å².